The number of H-pyrrole nitrogens is 1. The molecule has 2 rings (SSSR count). The molecule has 0 saturated carbocycles. The highest BCUT2D eigenvalue weighted by molar-refractivity contribution is 6.00. The number of carbonyl (C=O) groups is 2. The topological polar surface area (TPSA) is 82.2 Å². The Bertz CT molecular complexity index is 658. The molecule has 1 aromatic heterocycles. The first kappa shape index (κ1) is 13.1. The second-order valence-electron chi connectivity index (χ2n) is 4.76. The molecule has 5 nitrogen and oxygen atoms in total. The van der Waals surface area contributed by atoms with E-state index in [9.17, 15) is 9.59 Å². The van der Waals surface area contributed by atoms with E-state index in [0.717, 1.165) is 22.0 Å². The van der Waals surface area contributed by atoms with E-state index < -0.39 is 17.9 Å². The first-order chi connectivity index (χ1) is 8.88. The number of aryl methyl sites for hydroxylation is 2. The largest absolute Gasteiger partial charge is 0.480 e. The number of carbonyl (C=O) groups excluding carboxylic acids is 1. The molecule has 100 valence electrons. The van der Waals surface area contributed by atoms with Crippen molar-refractivity contribution >= 4 is 22.8 Å². The van der Waals surface area contributed by atoms with Crippen LogP contribution in [-0.2, 0) is 4.79 Å². The number of benzene rings is 1. The van der Waals surface area contributed by atoms with Crippen LogP contribution in [0.2, 0.25) is 0 Å². The van der Waals surface area contributed by atoms with Gasteiger partial charge in [0.05, 0.1) is 0 Å². The van der Waals surface area contributed by atoms with Crippen molar-refractivity contribution in [3.8, 4) is 0 Å². The van der Waals surface area contributed by atoms with Crippen LogP contribution in [0.1, 0.15) is 28.5 Å². The Morgan fingerprint density at radius 2 is 1.95 bits per heavy atom. The predicted molar refractivity (Wildman–Crippen MR) is 72.3 cm³/mol. The molecule has 0 aliphatic heterocycles. The number of aromatic nitrogens is 1. The van der Waals surface area contributed by atoms with Crippen LogP contribution in [0, 0.1) is 13.8 Å². The first-order valence-corrected chi connectivity index (χ1v) is 6.02. The molecular formula is C14H16N2O3. The van der Waals surface area contributed by atoms with Crippen molar-refractivity contribution in [2.45, 2.75) is 26.8 Å². The highest BCUT2D eigenvalue weighted by Gasteiger charge is 2.17. The van der Waals surface area contributed by atoms with Crippen molar-refractivity contribution < 1.29 is 14.7 Å². The highest BCUT2D eigenvalue weighted by atomic mass is 16.4. The summed E-state index contributed by atoms with van der Waals surface area (Å²) in [7, 11) is 0. The molecule has 5 heteroatoms. The summed E-state index contributed by atoms with van der Waals surface area (Å²) in [5, 5.41) is 12.2. The van der Waals surface area contributed by atoms with Crippen molar-refractivity contribution in [1.29, 1.82) is 0 Å². The minimum Gasteiger partial charge on any atom is -0.480 e. The van der Waals surface area contributed by atoms with Gasteiger partial charge in [0.1, 0.15) is 11.7 Å². The standard InChI is InChI=1S/C14H16N2O3/c1-7-4-8(2)10-6-12(16-11(10)5-7)13(17)15-9(3)14(18)19/h4-6,9,16H,1-3H3,(H,15,17)(H,18,19)/t9-/m1/s1. The zero-order valence-electron chi connectivity index (χ0n) is 11.1. The Balaban J connectivity index is 2.33. The summed E-state index contributed by atoms with van der Waals surface area (Å²) < 4.78 is 0. The number of fused-ring (bicyclic) bond motifs is 1. The average molecular weight is 260 g/mol. The van der Waals surface area contributed by atoms with Gasteiger partial charge in [-0.25, -0.2) is 0 Å². The summed E-state index contributed by atoms with van der Waals surface area (Å²) in [5.74, 6) is -1.47. The molecule has 1 amide bonds. The van der Waals surface area contributed by atoms with Gasteiger partial charge in [-0.3, -0.25) is 9.59 Å². The molecule has 2 aromatic rings. The normalized spacial score (nSPS) is 12.4. The summed E-state index contributed by atoms with van der Waals surface area (Å²) in [6.07, 6.45) is 0. The molecule has 0 aliphatic carbocycles. The smallest absolute Gasteiger partial charge is 0.325 e. The van der Waals surface area contributed by atoms with E-state index in [1.54, 1.807) is 6.07 Å². The Kier molecular flexibility index (Phi) is 3.29. The quantitative estimate of drug-likeness (QED) is 0.789. The van der Waals surface area contributed by atoms with Gasteiger partial charge in [-0.05, 0) is 44.0 Å². The molecule has 0 bridgehead atoms. The van der Waals surface area contributed by atoms with Crippen molar-refractivity contribution in [2.24, 2.45) is 0 Å². The van der Waals surface area contributed by atoms with Crippen molar-refractivity contribution in [3.63, 3.8) is 0 Å². The molecule has 1 heterocycles. The molecule has 0 fully saturated rings. The van der Waals surface area contributed by atoms with E-state index >= 15 is 0 Å². The van der Waals surface area contributed by atoms with Crippen LogP contribution in [0.5, 0.6) is 0 Å². The van der Waals surface area contributed by atoms with E-state index in [4.69, 9.17) is 5.11 Å². The number of rotatable bonds is 3. The van der Waals surface area contributed by atoms with Gasteiger partial charge in [0.15, 0.2) is 0 Å². The van der Waals surface area contributed by atoms with Gasteiger partial charge in [0.2, 0.25) is 0 Å². The van der Waals surface area contributed by atoms with E-state index in [0.29, 0.717) is 5.69 Å². The first-order valence-electron chi connectivity index (χ1n) is 6.02. The van der Waals surface area contributed by atoms with E-state index in [-0.39, 0.29) is 0 Å². The summed E-state index contributed by atoms with van der Waals surface area (Å²) in [4.78, 5) is 25.6. The Morgan fingerprint density at radius 3 is 2.58 bits per heavy atom. The number of amides is 1. The fourth-order valence-electron chi connectivity index (χ4n) is 2.06. The van der Waals surface area contributed by atoms with Gasteiger partial charge < -0.3 is 15.4 Å². The maximum Gasteiger partial charge on any atom is 0.325 e. The lowest BCUT2D eigenvalue weighted by Crippen LogP contribution is -2.38. The maximum absolute atomic E-state index is 11.9. The highest BCUT2D eigenvalue weighted by Crippen LogP contribution is 2.21. The minimum atomic E-state index is -1.06. The molecule has 0 saturated heterocycles. The SMILES string of the molecule is Cc1cc(C)c2cc(C(=O)N[C@H](C)C(=O)O)[nH]c2c1. The second kappa shape index (κ2) is 4.76. The maximum atomic E-state index is 11.9. The Labute approximate surface area is 110 Å². The summed E-state index contributed by atoms with van der Waals surface area (Å²) in [6.45, 7) is 5.39. The van der Waals surface area contributed by atoms with Gasteiger partial charge in [0, 0.05) is 10.9 Å². The van der Waals surface area contributed by atoms with Gasteiger partial charge >= 0.3 is 5.97 Å². The molecule has 1 atom stereocenters. The number of hydrogen-bond donors (Lipinski definition) is 3. The van der Waals surface area contributed by atoms with Crippen LogP contribution >= 0.6 is 0 Å². The molecule has 0 aliphatic rings. The van der Waals surface area contributed by atoms with Crippen molar-refractivity contribution in [3.05, 3.63) is 35.0 Å². The number of aliphatic carboxylic acids is 1. The van der Waals surface area contributed by atoms with Gasteiger partial charge in [0.25, 0.3) is 5.91 Å². The minimum absolute atomic E-state index is 0.372. The van der Waals surface area contributed by atoms with Crippen molar-refractivity contribution in [2.75, 3.05) is 0 Å². The van der Waals surface area contributed by atoms with Gasteiger partial charge in [-0.15, -0.1) is 0 Å². The zero-order valence-corrected chi connectivity index (χ0v) is 11.1. The van der Waals surface area contributed by atoms with Crippen LogP contribution < -0.4 is 5.32 Å². The molecule has 0 spiro atoms. The van der Waals surface area contributed by atoms with E-state index in [1.807, 2.05) is 26.0 Å². The van der Waals surface area contributed by atoms with Crippen LogP contribution in [0.25, 0.3) is 10.9 Å². The van der Waals surface area contributed by atoms with Crippen LogP contribution in [0.3, 0.4) is 0 Å². The lowest BCUT2D eigenvalue weighted by molar-refractivity contribution is -0.138. The van der Waals surface area contributed by atoms with Gasteiger partial charge in [-0.2, -0.15) is 0 Å². The van der Waals surface area contributed by atoms with Crippen LogP contribution in [0.4, 0.5) is 0 Å². The van der Waals surface area contributed by atoms with Crippen molar-refractivity contribution in [1.82, 2.24) is 10.3 Å². The third-order valence-electron chi connectivity index (χ3n) is 3.05. The Hall–Kier alpha value is -2.30. The monoisotopic (exact) mass is 260 g/mol. The number of hydrogen-bond acceptors (Lipinski definition) is 2. The number of carboxylic acid groups (broad SMARTS) is 1. The van der Waals surface area contributed by atoms with Gasteiger partial charge in [-0.1, -0.05) is 6.07 Å². The fraction of sp³-hybridized carbons (Fsp3) is 0.286. The van der Waals surface area contributed by atoms with Crippen LogP contribution in [-0.4, -0.2) is 28.0 Å². The lowest BCUT2D eigenvalue weighted by atomic mass is 10.1. The number of carboxylic acids is 1. The molecule has 19 heavy (non-hydrogen) atoms. The Morgan fingerprint density at radius 1 is 1.26 bits per heavy atom. The molecule has 0 radical (unpaired) electrons. The number of nitrogens with one attached hydrogen (secondary N) is 2. The molecule has 0 unspecified atom stereocenters. The van der Waals surface area contributed by atoms with E-state index in [2.05, 4.69) is 10.3 Å². The second-order valence-corrected chi connectivity index (χ2v) is 4.76. The van der Waals surface area contributed by atoms with E-state index in [1.165, 1.54) is 6.92 Å². The zero-order chi connectivity index (χ0) is 14.2. The predicted octanol–water partition coefficient (Wildman–Crippen LogP) is 1.99. The summed E-state index contributed by atoms with van der Waals surface area (Å²) >= 11 is 0. The lowest BCUT2D eigenvalue weighted by Gasteiger charge is -2.07. The molecular weight excluding hydrogens is 244 g/mol. The fourth-order valence-corrected chi connectivity index (χ4v) is 2.06. The summed E-state index contributed by atoms with van der Waals surface area (Å²) in [6, 6.07) is 4.83. The summed E-state index contributed by atoms with van der Waals surface area (Å²) in [5.41, 5.74) is 3.44. The van der Waals surface area contributed by atoms with Crippen LogP contribution in [0.15, 0.2) is 18.2 Å². The average Bonchev–Trinajstić information content (AvgIpc) is 2.72. The molecule has 1 aromatic carbocycles. The molecule has 3 N–H and O–H groups in total. The number of aromatic amines is 1. The third-order valence-corrected chi connectivity index (χ3v) is 3.05. The third kappa shape index (κ3) is 2.59.